The van der Waals surface area contributed by atoms with Crippen LogP contribution < -0.4 is 10.6 Å². The molecular weight excluding hydrogens is 184 g/mol. The lowest BCUT2D eigenvalue weighted by atomic mass is 9.84. The second-order valence-corrected chi connectivity index (χ2v) is 5.10. The van der Waals surface area contributed by atoms with Crippen molar-refractivity contribution in [2.75, 3.05) is 25.0 Å². The number of benzene rings is 1. The van der Waals surface area contributed by atoms with E-state index in [1.165, 1.54) is 23.2 Å². The van der Waals surface area contributed by atoms with Gasteiger partial charge in [-0.15, -0.1) is 0 Å². The Bertz CT molecular complexity index is 369. The van der Waals surface area contributed by atoms with Crippen molar-refractivity contribution < 1.29 is 0 Å². The van der Waals surface area contributed by atoms with Gasteiger partial charge in [-0.25, -0.2) is 0 Å². The summed E-state index contributed by atoms with van der Waals surface area (Å²) in [6.07, 6.45) is 1.17. The van der Waals surface area contributed by atoms with Crippen LogP contribution in [0, 0.1) is 0 Å². The van der Waals surface area contributed by atoms with E-state index in [0.29, 0.717) is 6.54 Å². The van der Waals surface area contributed by atoms with Gasteiger partial charge >= 0.3 is 0 Å². The molecule has 2 N–H and O–H groups in total. The summed E-state index contributed by atoms with van der Waals surface area (Å²) < 4.78 is 0. The Morgan fingerprint density at radius 1 is 1.40 bits per heavy atom. The van der Waals surface area contributed by atoms with Gasteiger partial charge in [0.05, 0.1) is 0 Å². The van der Waals surface area contributed by atoms with E-state index in [4.69, 9.17) is 5.73 Å². The largest absolute Gasteiger partial charge is 0.374 e. The molecule has 1 aliphatic heterocycles. The van der Waals surface area contributed by atoms with Crippen LogP contribution in [0.5, 0.6) is 0 Å². The molecule has 1 aromatic rings. The van der Waals surface area contributed by atoms with Crippen molar-refractivity contribution >= 4 is 5.69 Å². The van der Waals surface area contributed by atoms with Crippen molar-refractivity contribution in [3.63, 3.8) is 0 Å². The highest BCUT2D eigenvalue weighted by Crippen LogP contribution is 2.31. The lowest BCUT2D eigenvalue weighted by Gasteiger charge is -2.24. The van der Waals surface area contributed by atoms with Gasteiger partial charge in [-0.2, -0.15) is 0 Å². The van der Waals surface area contributed by atoms with Crippen LogP contribution in [0.1, 0.15) is 25.0 Å². The Morgan fingerprint density at radius 2 is 2.13 bits per heavy atom. The molecule has 0 aliphatic carbocycles. The minimum absolute atomic E-state index is 0.0934. The summed E-state index contributed by atoms with van der Waals surface area (Å²) in [6.45, 7) is 6.24. The van der Waals surface area contributed by atoms with E-state index in [2.05, 4.69) is 44.0 Å². The van der Waals surface area contributed by atoms with Gasteiger partial charge in [0.1, 0.15) is 0 Å². The zero-order valence-electron chi connectivity index (χ0n) is 9.88. The topological polar surface area (TPSA) is 29.3 Å². The predicted molar refractivity (Wildman–Crippen MR) is 65.5 cm³/mol. The monoisotopic (exact) mass is 204 g/mol. The summed E-state index contributed by atoms with van der Waals surface area (Å²) in [4.78, 5) is 2.31. The Kier molecular flexibility index (Phi) is 2.47. The van der Waals surface area contributed by atoms with Gasteiger partial charge < -0.3 is 10.6 Å². The quantitative estimate of drug-likeness (QED) is 0.797. The molecule has 1 aliphatic rings. The third-order valence-electron chi connectivity index (χ3n) is 3.50. The molecule has 82 valence electrons. The zero-order valence-corrected chi connectivity index (χ0v) is 9.88. The van der Waals surface area contributed by atoms with Crippen LogP contribution in [-0.2, 0) is 11.8 Å². The van der Waals surface area contributed by atoms with E-state index in [-0.39, 0.29) is 5.41 Å². The summed E-state index contributed by atoms with van der Waals surface area (Å²) in [6, 6.07) is 6.77. The van der Waals surface area contributed by atoms with E-state index < -0.39 is 0 Å². The fourth-order valence-corrected chi connectivity index (χ4v) is 2.11. The average Bonchev–Trinajstić information content (AvgIpc) is 2.60. The molecule has 0 atom stereocenters. The Hall–Kier alpha value is -1.02. The minimum atomic E-state index is 0.0934. The first-order chi connectivity index (χ1) is 7.04. The molecule has 2 heteroatoms. The summed E-state index contributed by atoms with van der Waals surface area (Å²) in [5.41, 5.74) is 10.1. The molecule has 0 fully saturated rings. The normalized spacial score (nSPS) is 15.6. The molecule has 0 amide bonds. The fourth-order valence-electron chi connectivity index (χ4n) is 2.11. The molecule has 2 rings (SSSR count). The third-order valence-corrected chi connectivity index (χ3v) is 3.50. The molecule has 0 saturated carbocycles. The third kappa shape index (κ3) is 1.74. The van der Waals surface area contributed by atoms with Crippen molar-refractivity contribution in [1.82, 2.24) is 0 Å². The van der Waals surface area contributed by atoms with Crippen LogP contribution in [0.2, 0.25) is 0 Å². The minimum Gasteiger partial charge on any atom is -0.374 e. The average molecular weight is 204 g/mol. The van der Waals surface area contributed by atoms with Crippen LogP contribution in [0.15, 0.2) is 18.2 Å². The predicted octanol–water partition coefficient (Wildman–Crippen LogP) is 1.92. The number of nitrogens with zero attached hydrogens (tertiary/aromatic N) is 1. The molecule has 1 aromatic carbocycles. The number of fused-ring (bicyclic) bond motifs is 1. The van der Waals surface area contributed by atoms with E-state index in [1.54, 1.807) is 0 Å². The Balaban J connectivity index is 2.39. The molecule has 0 unspecified atom stereocenters. The van der Waals surface area contributed by atoms with Gasteiger partial charge in [0.2, 0.25) is 0 Å². The van der Waals surface area contributed by atoms with Crippen molar-refractivity contribution in [1.29, 1.82) is 0 Å². The molecule has 15 heavy (non-hydrogen) atoms. The Labute approximate surface area is 92.1 Å². The number of likely N-dealkylation sites (N-methyl/N-ethyl adjacent to an activating group) is 1. The first kappa shape index (κ1) is 10.5. The van der Waals surface area contributed by atoms with Crippen LogP contribution in [0.4, 0.5) is 5.69 Å². The van der Waals surface area contributed by atoms with Gasteiger partial charge in [-0.3, -0.25) is 0 Å². The van der Waals surface area contributed by atoms with Crippen LogP contribution in [-0.4, -0.2) is 20.1 Å². The van der Waals surface area contributed by atoms with Crippen LogP contribution in [0.25, 0.3) is 0 Å². The highest BCUT2D eigenvalue weighted by atomic mass is 15.1. The summed E-state index contributed by atoms with van der Waals surface area (Å²) in [7, 11) is 2.15. The molecule has 0 bridgehead atoms. The molecule has 0 aromatic heterocycles. The van der Waals surface area contributed by atoms with E-state index in [0.717, 1.165) is 6.54 Å². The second kappa shape index (κ2) is 3.53. The van der Waals surface area contributed by atoms with E-state index in [1.807, 2.05) is 0 Å². The summed E-state index contributed by atoms with van der Waals surface area (Å²) in [5, 5.41) is 0. The van der Waals surface area contributed by atoms with Crippen LogP contribution >= 0.6 is 0 Å². The van der Waals surface area contributed by atoms with Gasteiger partial charge in [0, 0.05) is 31.2 Å². The molecule has 0 spiro atoms. The van der Waals surface area contributed by atoms with E-state index in [9.17, 15) is 0 Å². The lowest BCUT2D eigenvalue weighted by molar-refractivity contribution is 0.539. The van der Waals surface area contributed by atoms with Crippen molar-refractivity contribution in [3.8, 4) is 0 Å². The molecular formula is C13H20N2. The van der Waals surface area contributed by atoms with Gasteiger partial charge in [0.25, 0.3) is 0 Å². The fraction of sp³-hybridized carbons (Fsp3) is 0.538. The van der Waals surface area contributed by atoms with E-state index >= 15 is 0 Å². The molecule has 2 nitrogen and oxygen atoms in total. The van der Waals surface area contributed by atoms with Gasteiger partial charge in [-0.05, 0) is 23.6 Å². The maximum absolute atomic E-state index is 5.80. The molecule has 1 heterocycles. The number of rotatable bonds is 2. The van der Waals surface area contributed by atoms with Crippen LogP contribution in [0.3, 0.4) is 0 Å². The van der Waals surface area contributed by atoms with Gasteiger partial charge in [-0.1, -0.05) is 26.0 Å². The summed E-state index contributed by atoms with van der Waals surface area (Å²) in [5.74, 6) is 0. The first-order valence-electron chi connectivity index (χ1n) is 5.59. The summed E-state index contributed by atoms with van der Waals surface area (Å²) >= 11 is 0. The maximum Gasteiger partial charge on any atom is 0.0397 e. The SMILES string of the molecule is CN1CCc2cc(C(C)(C)CN)ccc21. The second-order valence-electron chi connectivity index (χ2n) is 5.10. The number of nitrogens with two attached hydrogens (primary N) is 1. The smallest absolute Gasteiger partial charge is 0.0397 e. The van der Waals surface area contributed by atoms with Crippen molar-refractivity contribution in [3.05, 3.63) is 29.3 Å². The number of anilines is 1. The number of hydrogen-bond acceptors (Lipinski definition) is 2. The maximum atomic E-state index is 5.80. The van der Waals surface area contributed by atoms with Crippen molar-refractivity contribution in [2.45, 2.75) is 25.7 Å². The highest BCUT2D eigenvalue weighted by molar-refractivity contribution is 5.59. The first-order valence-corrected chi connectivity index (χ1v) is 5.59. The zero-order chi connectivity index (χ0) is 11.1. The lowest BCUT2D eigenvalue weighted by Crippen LogP contribution is -2.28. The van der Waals surface area contributed by atoms with Gasteiger partial charge in [0.15, 0.2) is 0 Å². The standard InChI is InChI=1S/C13H20N2/c1-13(2,9-14)11-4-5-12-10(8-11)6-7-15(12)3/h4-5,8H,6-7,9,14H2,1-3H3. The Morgan fingerprint density at radius 3 is 2.80 bits per heavy atom. The van der Waals surface area contributed by atoms with Crippen molar-refractivity contribution in [2.24, 2.45) is 5.73 Å². The highest BCUT2D eigenvalue weighted by Gasteiger charge is 2.22. The molecule has 0 radical (unpaired) electrons. The molecule has 0 saturated heterocycles. The number of hydrogen-bond donors (Lipinski definition) is 1.